The number of nitrogens with zero attached hydrogens (tertiary/aromatic N) is 4. The first-order chi connectivity index (χ1) is 14.7. The van der Waals surface area contributed by atoms with Gasteiger partial charge in [0, 0.05) is 35.8 Å². The van der Waals surface area contributed by atoms with Crippen LogP contribution in [0.25, 0.3) is 21.8 Å². The molecule has 0 aliphatic heterocycles. The average molecular weight is 440 g/mol. The summed E-state index contributed by atoms with van der Waals surface area (Å²) in [5.74, 6) is -1.17. The van der Waals surface area contributed by atoms with E-state index in [1.807, 2.05) is 32.9 Å². The quantitative estimate of drug-likeness (QED) is 0.453. The number of aromatic nitrogens is 4. The van der Waals surface area contributed by atoms with Crippen molar-refractivity contribution in [1.29, 1.82) is 0 Å². The van der Waals surface area contributed by atoms with Gasteiger partial charge in [-0.25, -0.2) is 14.5 Å². The Labute approximate surface area is 183 Å². The van der Waals surface area contributed by atoms with Crippen molar-refractivity contribution in [2.24, 2.45) is 7.05 Å². The molecule has 0 aliphatic carbocycles. The molecule has 0 saturated heterocycles. The Morgan fingerprint density at radius 1 is 1.29 bits per heavy atom. The molecule has 2 N–H and O–H groups in total. The topological polar surface area (TPSA) is 102 Å². The number of carboxylic acids is 1. The number of rotatable bonds is 5. The molecule has 1 atom stereocenters. The van der Waals surface area contributed by atoms with Crippen molar-refractivity contribution < 1.29 is 9.90 Å². The summed E-state index contributed by atoms with van der Waals surface area (Å²) >= 11 is 5.88. The molecule has 8 nitrogen and oxygen atoms in total. The third-order valence-electron chi connectivity index (χ3n) is 5.45. The average Bonchev–Trinajstić information content (AvgIpc) is 3.16. The summed E-state index contributed by atoms with van der Waals surface area (Å²) in [6.07, 6.45) is 1.78. The van der Waals surface area contributed by atoms with Crippen molar-refractivity contribution in [3.8, 4) is 0 Å². The first-order valence-corrected chi connectivity index (χ1v) is 10.3. The molecular weight excluding hydrogens is 418 g/mol. The molecule has 9 heteroatoms. The van der Waals surface area contributed by atoms with Gasteiger partial charge in [-0.05, 0) is 50.1 Å². The van der Waals surface area contributed by atoms with Crippen LogP contribution in [0.3, 0.4) is 0 Å². The second-order valence-corrected chi connectivity index (χ2v) is 7.93. The van der Waals surface area contributed by atoms with Crippen molar-refractivity contribution in [2.45, 2.75) is 33.4 Å². The zero-order valence-electron chi connectivity index (χ0n) is 17.6. The highest BCUT2D eigenvalue weighted by Gasteiger charge is 2.21. The predicted molar refractivity (Wildman–Crippen MR) is 121 cm³/mol. The molecule has 3 aromatic heterocycles. The fraction of sp³-hybridized carbons (Fsp3) is 0.273. The SMILES string of the molecule is CCn1ncc2c3c(C(C)Nc4ccc(Cl)nc4C(=O)O)cc(C)cc3c(=O)n(C)c21. The van der Waals surface area contributed by atoms with Crippen molar-refractivity contribution in [3.63, 3.8) is 0 Å². The summed E-state index contributed by atoms with van der Waals surface area (Å²) in [5.41, 5.74) is 2.65. The number of carbonyl (C=O) groups is 1. The van der Waals surface area contributed by atoms with Crippen LogP contribution in [0.5, 0.6) is 0 Å². The van der Waals surface area contributed by atoms with Gasteiger partial charge < -0.3 is 10.4 Å². The summed E-state index contributed by atoms with van der Waals surface area (Å²) in [6.45, 7) is 6.46. The minimum atomic E-state index is -1.17. The van der Waals surface area contributed by atoms with Gasteiger partial charge in [0.1, 0.15) is 10.8 Å². The molecule has 0 amide bonds. The molecule has 160 valence electrons. The molecule has 0 fully saturated rings. The zero-order chi connectivity index (χ0) is 22.4. The van der Waals surface area contributed by atoms with Crippen LogP contribution in [0.15, 0.2) is 35.3 Å². The number of anilines is 1. The number of carboxylic acid groups (broad SMARTS) is 1. The molecule has 1 aromatic carbocycles. The summed E-state index contributed by atoms with van der Waals surface area (Å²) in [4.78, 5) is 28.7. The molecule has 4 rings (SSSR count). The van der Waals surface area contributed by atoms with E-state index in [0.29, 0.717) is 17.6 Å². The Balaban J connectivity index is 1.96. The second-order valence-electron chi connectivity index (χ2n) is 7.54. The number of aromatic carboxylic acids is 1. The standard InChI is InChI=1S/C22H22ClN5O3/c1-5-28-20-15(10-24-28)18-13(8-11(2)9-14(18)21(29)27(20)4)12(3)25-16-6-7-17(23)26-19(16)22(30)31/h6-10,12,25H,5H2,1-4H3,(H,30,31). The molecule has 0 saturated carbocycles. The molecule has 0 spiro atoms. The van der Waals surface area contributed by atoms with Crippen LogP contribution >= 0.6 is 11.6 Å². The number of pyridine rings is 2. The van der Waals surface area contributed by atoms with Crippen molar-refractivity contribution in [2.75, 3.05) is 5.32 Å². The fourth-order valence-corrected chi connectivity index (χ4v) is 4.22. The van der Waals surface area contributed by atoms with Gasteiger partial charge in [0.25, 0.3) is 5.56 Å². The minimum absolute atomic E-state index is 0.103. The number of aryl methyl sites for hydroxylation is 3. The van der Waals surface area contributed by atoms with E-state index >= 15 is 0 Å². The lowest BCUT2D eigenvalue weighted by atomic mass is 9.95. The number of hydrogen-bond acceptors (Lipinski definition) is 5. The highest BCUT2D eigenvalue weighted by molar-refractivity contribution is 6.29. The Morgan fingerprint density at radius 3 is 2.71 bits per heavy atom. The zero-order valence-corrected chi connectivity index (χ0v) is 18.4. The molecular formula is C22H22ClN5O3. The maximum Gasteiger partial charge on any atom is 0.356 e. The monoisotopic (exact) mass is 439 g/mol. The molecule has 0 aliphatic rings. The Morgan fingerprint density at radius 2 is 2.03 bits per heavy atom. The van der Waals surface area contributed by atoms with E-state index in [-0.39, 0.29) is 22.4 Å². The maximum atomic E-state index is 13.2. The third-order valence-corrected chi connectivity index (χ3v) is 5.66. The molecule has 1 unspecified atom stereocenters. The van der Waals surface area contributed by atoms with Gasteiger partial charge in [0.15, 0.2) is 5.69 Å². The van der Waals surface area contributed by atoms with Crippen molar-refractivity contribution in [1.82, 2.24) is 19.3 Å². The van der Waals surface area contributed by atoms with Gasteiger partial charge >= 0.3 is 5.97 Å². The van der Waals surface area contributed by atoms with E-state index < -0.39 is 5.97 Å². The normalized spacial score (nSPS) is 12.4. The van der Waals surface area contributed by atoms with Crippen molar-refractivity contribution >= 4 is 45.1 Å². The maximum absolute atomic E-state index is 13.2. The molecule has 0 radical (unpaired) electrons. The van der Waals surface area contributed by atoms with Gasteiger partial charge in [0.05, 0.1) is 11.9 Å². The van der Waals surface area contributed by atoms with Crippen LogP contribution in [0, 0.1) is 6.92 Å². The summed E-state index contributed by atoms with van der Waals surface area (Å²) in [5, 5.41) is 19.6. The van der Waals surface area contributed by atoms with Crippen LogP contribution in [-0.2, 0) is 13.6 Å². The Bertz CT molecular complexity index is 1410. The van der Waals surface area contributed by atoms with Crippen LogP contribution in [0.1, 0.15) is 41.5 Å². The predicted octanol–water partition coefficient (Wildman–Crippen LogP) is 4.14. The van der Waals surface area contributed by atoms with Crippen LogP contribution in [0.2, 0.25) is 5.15 Å². The number of benzene rings is 1. The second kappa shape index (κ2) is 7.70. The van der Waals surface area contributed by atoms with Gasteiger partial charge in [-0.1, -0.05) is 17.7 Å². The molecule has 31 heavy (non-hydrogen) atoms. The van der Waals surface area contributed by atoms with Gasteiger partial charge in [-0.15, -0.1) is 0 Å². The fourth-order valence-electron chi connectivity index (χ4n) is 4.07. The van der Waals surface area contributed by atoms with Crippen LogP contribution in [0.4, 0.5) is 5.69 Å². The largest absolute Gasteiger partial charge is 0.476 e. The molecule has 3 heterocycles. The highest BCUT2D eigenvalue weighted by atomic mass is 35.5. The van der Waals surface area contributed by atoms with E-state index in [9.17, 15) is 14.7 Å². The van der Waals surface area contributed by atoms with E-state index in [0.717, 1.165) is 27.5 Å². The number of fused-ring (bicyclic) bond motifs is 3. The van der Waals surface area contributed by atoms with Gasteiger partial charge in [-0.3, -0.25) is 9.36 Å². The Hall–Kier alpha value is -3.39. The van der Waals surface area contributed by atoms with Crippen molar-refractivity contribution in [3.05, 3.63) is 62.8 Å². The van der Waals surface area contributed by atoms with Gasteiger partial charge in [-0.2, -0.15) is 5.10 Å². The number of hydrogen-bond donors (Lipinski definition) is 2. The lowest BCUT2D eigenvalue weighted by Gasteiger charge is -2.20. The van der Waals surface area contributed by atoms with Crippen LogP contribution in [-0.4, -0.2) is 30.4 Å². The van der Waals surface area contributed by atoms with E-state index in [1.165, 1.54) is 6.07 Å². The van der Waals surface area contributed by atoms with Crippen LogP contribution < -0.4 is 10.9 Å². The summed E-state index contributed by atoms with van der Waals surface area (Å²) < 4.78 is 3.42. The summed E-state index contributed by atoms with van der Waals surface area (Å²) in [7, 11) is 1.75. The molecule has 0 bridgehead atoms. The Kier molecular flexibility index (Phi) is 5.18. The number of halogens is 1. The van der Waals surface area contributed by atoms with Gasteiger partial charge in [0.2, 0.25) is 0 Å². The minimum Gasteiger partial charge on any atom is -0.476 e. The highest BCUT2D eigenvalue weighted by Crippen LogP contribution is 2.33. The third kappa shape index (κ3) is 3.42. The van der Waals surface area contributed by atoms with E-state index in [4.69, 9.17) is 11.6 Å². The molecule has 4 aromatic rings. The summed E-state index contributed by atoms with van der Waals surface area (Å²) in [6, 6.07) is 6.70. The smallest absolute Gasteiger partial charge is 0.356 e. The lowest BCUT2D eigenvalue weighted by Crippen LogP contribution is -2.21. The lowest BCUT2D eigenvalue weighted by molar-refractivity contribution is 0.0691. The van der Waals surface area contributed by atoms with E-state index in [2.05, 4.69) is 15.4 Å². The first kappa shape index (κ1) is 20.9. The number of nitrogens with one attached hydrogen (secondary N) is 1. The van der Waals surface area contributed by atoms with E-state index in [1.54, 1.807) is 28.6 Å². The first-order valence-electron chi connectivity index (χ1n) is 9.88.